The maximum atomic E-state index is 10.3. The molecule has 0 radical (unpaired) electrons. The van der Waals surface area contributed by atoms with Gasteiger partial charge >= 0.3 is 6.09 Å². The van der Waals surface area contributed by atoms with Gasteiger partial charge in [0.2, 0.25) is 0 Å². The largest absolute Gasteiger partial charge is 0.465 e. The molecule has 1 rings (SSSR count). The van der Waals surface area contributed by atoms with Crippen molar-refractivity contribution >= 4 is 6.09 Å². The Balaban J connectivity index is 2.47. The smallest absolute Gasteiger partial charge is 0.404 e. The molecule has 3 heteroatoms. The van der Waals surface area contributed by atoms with Crippen molar-refractivity contribution in [2.24, 2.45) is 5.92 Å². The quantitative estimate of drug-likeness (QED) is 0.727. The molecular formula is C11H17NO2. The molecule has 78 valence electrons. The molecule has 0 saturated heterocycles. The van der Waals surface area contributed by atoms with Gasteiger partial charge in [-0.15, -0.1) is 0 Å². The summed E-state index contributed by atoms with van der Waals surface area (Å²) in [5.74, 6) is 0.597. The summed E-state index contributed by atoms with van der Waals surface area (Å²) in [5.41, 5.74) is 2.61. The lowest BCUT2D eigenvalue weighted by Crippen LogP contribution is -2.23. The molecule has 0 saturated carbocycles. The summed E-state index contributed by atoms with van der Waals surface area (Å²) in [5, 5.41) is 10.8. The monoisotopic (exact) mass is 195 g/mol. The second-order valence-corrected chi connectivity index (χ2v) is 3.88. The molecule has 2 N–H and O–H groups in total. The van der Waals surface area contributed by atoms with E-state index in [0.717, 1.165) is 18.4 Å². The molecule has 1 aliphatic carbocycles. The lowest BCUT2D eigenvalue weighted by molar-refractivity contribution is 0.195. The third-order valence-electron chi connectivity index (χ3n) is 2.48. The van der Waals surface area contributed by atoms with E-state index in [-0.39, 0.29) is 0 Å². The molecule has 3 nitrogen and oxygen atoms in total. The predicted octanol–water partition coefficient (Wildman–Crippen LogP) is 2.56. The number of amides is 1. The fourth-order valence-corrected chi connectivity index (χ4v) is 1.51. The van der Waals surface area contributed by atoms with E-state index in [0.29, 0.717) is 12.5 Å². The van der Waals surface area contributed by atoms with Crippen LogP contribution in [0.2, 0.25) is 0 Å². The highest BCUT2D eigenvalue weighted by Gasteiger charge is 2.09. The number of hydrogen-bond donors (Lipinski definition) is 2. The minimum atomic E-state index is -0.954. The standard InChI is InChI=1S/C11H17NO2/c1-8(2)10-5-3-9(4-6-10)7-12-11(13)14/h3,5,8,12H,4,6-7H2,1-2H3,(H,13,14). The van der Waals surface area contributed by atoms with Crippen molar-refractivity contribution in [1.82, 2.24) is 5.32 Å². The van der Waals surface area contributed by atoms with E-state index in [1.807, 2.05) is 6.08 Å². The Hall–Kier alpha value is -1.25. The highest BCUT2D eigenvalue weighted by atomic mass is 16.4. The Morgan fingerprint density at radius 1 is 1.50 bits per heavy atom. The maximum Gasteiger partial charge on any atom is 0.404 e. The van der Waals surface area contributed by atoms with Crippen LogP contribution in [0.5, 0.6) is 0 Å². The Kier molecular flexibility index (Phi) is 3.74. The van der Waals surface area contributed by atoms with Crippen LogP contribution >= 0.6 is 0 Å². The third-order valence-corrected chi connectivity index (χ3v) is 2.48. The Bertz CT molecular complexity index is 277. The first-order chi connectivity index (χ1) is 6.59. The Morgan fingerprint density at radius 2 is 2.21 bits per heavy atom. The Morgan fingerprint density at radius 3 is 2.64 bits per heavy atom. The summed E-state index contributed by atoms with van der Waals surface area (Å²) in [7, 11) is 0. The summed E-state index contributed by atoms with van der Waals surface area (Å²) in [6.07, 6.45) is 5.24. The molecule has 0 aromatic rings. The van der Waals surface area contributed by atoms with Gasteiger partial charge in [-0.05, 0) is 18.8 Å². The highest BCUT2D eigenvalue weighted by Crippen LogP contribution is 2.23. The van der Waals surface area contributed by atoms with Crippen molar-refractivity contribution in [3.8, 4) is 0 Å². The van der Waals surface area contributed by atoms with Crippen molar-refractivity contribution in [2.75, 3.05) is 6.54 Å². The fourth-order valence-electron chi connectivity index (χ4n) is 1.51. The SMILES string of the molecule is CC(C)C1=CC=C(CNC(=O)O)CC1. The van der Waals surface area contributed by atoms with E-state index in [1.165, 1.54) is 5.57 Å². The summed E-state index contributed by atoms with van der Waals surface area (Å²) in [6, 6.07) is 0. The lowest BCUT2D eigenvalue weighted by Gasteiger charge is -2.17. The number of rotatable bonds is 3. The maximum absolute atomic E-state index is 10.3. The number of nitrogens with one attached hydrogen (secondary N) is 1. The number of carbonyl (C=O) groups is 1. The van der Waals surface area contributed by atoms with E-state index in [1.54, 1.807) is 0 Å². The van der Waals surface area contributed by atoms with Gasteiger partial charge in [0.1, 0.15) is 0 Å². The highest BCUT2D eigenvalue weighted by molar-refractivity contribution is 5.64. The molecule has 14 heavy (non-hydrogen) atoms. The lowest BCUT2D eigenvalue weighted by atomic mass is 9.91. The zero-order chi connectivity index (χ0) is 10.6. The van der Waals surface area contributed by atoms with E-state index >= 15 is 0 Å². The predicted molar refractivity (Wildman–Crippen MR) is 56.3 cm³/mol. The van der Waals surface area contributed by atoms with Gasteiger partial charge in [0.15, 0.2) is 0 Å². The van der Waals surface area contributed by atoms with Gasteiger partial charge in [0.05, 0.1) is 0 Å². The van der Waals surface area contributed by atoms with Crippen molar-refractivity contribution in [1.29, 1.82) is 0 Å². The molecular weight excluding hydrogens is 178 g/mol. The molecule has 0 unspecified atom stereocenters. The summed E-state index contributed by atoms with van der Waals surface area (Å²) >= 11 is 0. The topological polar surface area (TPSA) is 49.3 Å². The summed E-state index contributed by atoms with van der Waals surface area (Å²) in [6.45, 7) is 4.82. The zero-order valence-electron chi connectivity index (χ0n) is 8.71. The van der Waals surface area contributed by atoms with E-state index in [4.69, 9.17) is 5.11 Å². The number of allylic oxidation sites excluding steroid dienone is 3. The van der Waals surface area contributed by atoms with Crippen molar-refractivity contribution in [3.05, 3.63) is 23.3 Å². The van der Waals surface area contributed by atoms with Gasteiger partial charge in [0, 0.05) is 6.54 Å². The molecule has 0 heterocycles. The number of hydrogen-bond acceptors (Lipinski definition) is 1. The summed E-state index contributed by atoms with van der Waals surface area (Å²) < 4.78 is 0. The van der Waals surface area contributed by atoms with Crippen LogP contribution in [0.3, 0.4) is 0 Å². The van der Waals surface area contributed by atoms with Crippen LogP contribution in [0.25, 0.3) is 0 Å². The van der Waals surface area contributed by atoms with Gasteiger partial charge < -0.3 is 10.4 Å². The first kappa shape index (κ1) is 10.8. The second kappa shape index (κ2) is 4.84. The van der Waals surface area contributed by atoms with Gasteiger partial charge in [0.25, 0.3) is 0 Å². The molecule has 0 atom stereocenters. The first-order valence-corrected chi connectivity index (χ1v) is 4.95. The molecule has 0 spiro atoms. The van der Waals surface area contributed by atoms with E-state index in [2.05, 4.69) is 25.2 Å². The van der Waals surface area contributed by atoms with Crippen molar-refractivity contribution < 1.29 is 9.90 Å². The van der Waals surface area contributed by atoms with E-state index < -0.39 is 6.09 Å². The number of carboxylic acid groups (broad SMARTS) is 1. The second-order valence-electron chi connectivity index (χ2n) is 3.88. The minimum Gasteiger partial charge on any atom is -0.465 e. The van der Waals surface area contributed by atoms with Gasteiger partial charge in [-0.2, -0.15) is 0 Å². The summed E-state index contributed by atoms with van der Waals surface area (Å²) in [4.78, 5) is 10.3. The van der Waals surface area contributed by atoms with Crippen LogP contribution in [0, 0.1) is 5.92 Å². The minimum absolute atomic E-state index is 0.456. The molecule has 0 bridgehead atoms. The van der Waals surface area contributed by atoms with Crippen LogP contribution in [-0.4, -0.2) is 17.7 Å². The molecule has 0 aromatic heterocycles. The third kappa shape index (κ3) is 3.24. The molecule has 0 aromatic carbocycles. The van der Waals surface area contributed by atoms with Gasteiger partial charge in [-0.3, -0.25) is 0 Å². The van der Waals surface area contributed by atoms with Crippen molar-refractivity contribution in [3.63, 3.8) is 0 Å². The van der Waals surface area contributed by atoms with Crippen LogP contribution in [0.15, 0.2) is 23.3 Å². The normalized spacial score (nSPS) is 16.2. The van der Waals surface area contributed by atoms with Crippen LogP contribution in [-0.2, 0) is 0 Å². The van der Waals surface area contributed by atoms with Crippen LogP contribution in [0.4, 0.5) is 4.79 Å². The zero-order valence-corrected chi connectivity index (χ0v) is 8.71. The van der Waals surface area contributed by atoms with Crippen LogP contribution in [0.1, 0.15) is 26.7 Å². The average Bonchev–Trinajstić information content (AvgIpc) is 2.15. The molecule has 1 aliphatic rings. The van der Waals surface area contributed by atoms with Gasteiger partial charge in [-0.25, -0.2) is 4.79 Å². The Labute approximate surface area is 84.5 Å². The first-order valence-electron chi connectivity index (χ1n) is 4.95. The van der Waals surface area contributed by atoms with Gasteiger partial charge in [-0.1, -0.05) is 37.1 Å². The van der Waals surface area contributed by atoms with Crippen LogP contribution < -0.4 is 5.32 Å². The fraction of sp³-hybridized carbons (Fsp3) is 0.545. The van der Waals surface area contributed by atoms with Crippen molar-refractivity contribution in [2.45, 2.75) is 26.7 Å². The molecule has 0 aliphatic heterocycles. The van der Waals surface area contributed by atoms with E-state index in [9.17, 15) is 4.79 Å². The average molecular weight is 195 g/mol. The molecule has 1 amide bonds. The molecule has 0 fully saturated rings.